The molecular weight excluding hydrogens is 391 g/mol. The molecule has 0 aliphatic carbocycles. The molecule has 0 saturated heterocycles. The van der Waals surface area contributed by atoms with E-state index in [1.807, 2.05) is 0 Å². The van der Waals surface area contributed by atoms with Gasteiger partial charge in [0, 0.05) is 0 Å². The molecule has 0 aromatic carbocycles. The lowest BCUT2D eigenvalue weighted by atomic mass is 10.5. The van der Waals surface area contributed by atoms with Crippen molar-refractivity contribution in [2.24, 2.45) is 0 Å². The third-order valence-corrected chi connectivity index (χ3v) is 2.14. The summed E-state index contributed by atoms with van der Waals surface area (Å²) in [6, 6.07) is 0. The molecule has 3 nitrogen and oxygen atoms in total. The fourth-order valence-electron chi connectivity index (χ4n) is 0.288. The minimum atomic E-state index is -5.01. The van der Waals surface area contributed by atoms with Crippen LogP contribution in [0.1, 0.15) is 0 Å². The van der Waals surface area contributed by atoms with E-state index in [4.69, 9.17) is 5.11 Å². The van der Waals surface area contributed by atoms with Crippen LogP contribution in [0.4, 0.5) is 13.2 Å². The van der Waals surface area contributed by atoms with Crippen molar-refractivity contribution in [3.8, 4) is 0 Å². The van der Waals surface area contributed by atoms with Gasteiger partial charge in [0.15, 0.2) is 8.37 Å². The predicted octanol–water partition coefficient (Wildman–Crippen LogP) is 1.82. The molecule has 78 valence electrons. The standard InChI is InChI=1S/C4H3Br3F3NO2/c5-3(6,7)1(12)11-2(13)4(8,9)10/h1,12H,(H,11,13)/t1-/m0/s1. The smallest absolute Gasteiger partial charge is 0.370 e. The van der Waals surface area contributed by atoms with Gasteiger partial charge in [-0.3, -0.25) is 4.79 Å². The van der Waals surface area contributed by atoms with Crippen LogP contribution >= 0.6 is 47.8 Å². The van der Waals surface area contributed by atoms with E-state index < -0.39 is 20.5 Å². The highest BCUT2D eigenvalue weighted by Crippen LogP contribution is 2.36. The number of carbonyl (C=O) groups is 1. The summed E-state index contributed by atoms with van der Waals surface area (Å²) < 4.78 is 33.5. The molecule has 0 saturated carbocycles. The second-order valence-corrected chi connectivity index (χ2v) is 8.86. The number of hydrogen-bond donors (Lipinski definition) is 2. The molecule has 13 heavy (non-hydrogen) atoms. The fourth-order valence-corrected chi connectivity index (χ4v) is 0.631. The van der Waals surface area contributed by atoms with Gasteiger partial charge in [-0.15, -0.1) is 0 Å². The van der Waals surface area contributed by atoms with E-state index in [2.05, 4.69) is 47.8 Å². The Morgan fingerprint density at radius 2 is 1.69 bits per heavy atom. The highest BCUT2D eigenvalue weighted by Gasteiger charge is 2.42. The molecule has 0 unspecified atom stereocenters. The zero-order valence-electron chi connectivity index (χ0n) is 5.70. The number of rotatable bonds is 1. The summed E-state index contributed by atoms with van der Waals surface area (Å²) in [6.45, 7) is 0. The van der Waals surface area contributed by atoms with Crippen molar-refractivity contribution in [2.45, 2.75) is 14.5 Å². The van der Waals surface area contributed by atoms with Crippen LogP contribution in [0.25, 0.3) is 0 Å². The van der Waals surface area contributed by atoms with Crippen molar-refractivity contribution in [3.05, 3.63) is 0 Å². The lowest BCUT2D eigenvalue weighted by molar-refractivity contribution is -0.176. The maximum absolute atomic E-state index is 11.6. The minimum Gasteiger partial charge on any atom is -0.370 e. The predicted molar refractivity (Wildman–Crippen MR) is 49.7 cm³/mol. The third kappa shape index (κ3) is 5.18. The summed E-state index contributed by atoms with van der Waals surface area (Å²) in [6.07, 6.45) is -6.78. The second-order valence-electron chi connectivity index (χ2n) is 1.92. The van der Waals surface area contributed by atoms with Crippen molar-refractivity contribution < 1.29 is 23.1 Å². The van der Waals surface area contributed by atoms with Gasteiger partial charge in [-0.2, -0.15) is 13.2 Å². The molecule has 0 spiro atoms. The van der Waals surface area contributed by atoms with E-state index in [9.17, 15) is 18.0 Å². The number of aliphatic hydroxyl groups excluding tert-OH is 1. The largest absolute Gasteiger partial charge is 0.471 e. The molecular formula is C4H3Br3F3NO2. The van der Waals surface area contributed by atoms with Crippen LogP contribution in [0.3, 0.4) is 0 Å². The molecule has 0 aliphatic rings. The maximum Gasteiger partial charge on any atom is 0.471 e. The van der Waals surface area contributed by atoms with Gasteiger partial charge < -0.3 is 10.4 Å². The van der Waals surface area contributed by atoms with Crippen LogP contribution in [0, 0.1) is 0 Å². The first-order chi connectivity index (χ1) is 5.55. The number of alkyl halides is 6. The number of hydrogen-bond acceptors (Lipinski definition) is 2. The summed E-state index contributed by atoms with van der Waals surface area (Å²) in [7, 11) is 0. The van der Waals surface area contributed by atoms with Crippen molar-refractivity contribution >= 4 is 53.7 Å². The van der Waals surface area contributed by atoms with Crippen molar-refractivity contribution in [2.75, 3.05) is 0 Å². The van der Waals surface area contributed by atoms with E-state index in [-0.39, 0.29) is 0 Å². The van der Waals surface area contributed by atoms with E-state index >= 15 is 0 Å². The first-order valence-electron chi connectivity index (χ1n) is 2.67. The quantitative estimate of drug-likeness (QED) is 0.527. The van der Waals surface area contributed by atoms with Gasteiger partial charge in [0.1, 0.15) is 0 Å². The minimum absolute atomic E-state index is 1.31. The molecule has 0 aromatic rings. The normalized spacial score (nSPS) is 15.3. The Labute approximate surface area is 96.4 Å². The Bertz CT molecular complexity index is 202. The monoisotopic (exact) mass is 391 g/mol. The van der Waals surface area contributed by atoms with Gasteiger partial charge in [0.05, 0.1) is 0 Å². The Morgan fingerprint density at radius 3 is 1.92 bits per heavy atom. The summed E-state index contributed by atoms with van der Waals surface area (Å²) in [5.41, 5.74) is 0. The second kappa shape index (κ2) is 4.45. The van der Waals surface area contributed by atoms with Gasteiger partial charge in [0.2, 0.25) is 0 Å². The number of amides is 1. The van der Waals surface area contributed by atoms with E-state index in [1.165, 1.54) is 5.32 Å². The number of carbonyl (C=O) groups excluding carboxylic acids is 1. The van der Waals surface area contributed by atoms with E-state index in [1.54, 1.807) is 0 Å². The van der Waals surface area contributed by atoms with Crippen LogP contribution < -0.4 is 5.32 Å². The highest BCUT2D eigenvalue weighted by atomic mass is 80.0. The van der Waals surface area contributed by atoms with Gasteiger partial charge in [-0.1, -0.05) is 47.8 Å². The topological polar surface area (TPSA) is 49.3 Å². The van der Waals surface area contributed by atoms with E-state index in [0.717, 1.165) is 0 Å². The van der Waals surface area contributed by atoms with Crippen LogP contribution in [0.15, 0.2) is 0 Å². The van der Waals surface area contributed by atoms with Crippen LogP contribution in [-0.4, -0.2) is 25.6 Å². The maximum atomic E-state index is 11.6. The third-order valence-electron chi connectivity index (χ3n) is 0.835. The Hall–Kier alpha value is 0.660. The Morgan fingerprint density at radius 1 is 1.31 bits per heavy atom. The lowest BCUT2D eigenvalue weighted by Crippen LogP contribution is -2.48. The molecule has 0 bridgehead atoms. The summed E-state index contributed by atoms with van der Waals surface area (Å²) in [4.78, 5) is 10.3. The molecule has 1 amide bonds. The number of halogens is 6. The van der Waals surface area contributed by atoms with Gasteiger partial charge >= 0.3 is 12.1 Å². The average molecular weight is 394 g/mol. The molecule has 0 heterocycles. The molecule has 0 rings (SSSR count). The first kappa shape index (κ1) is 13.7. The first-order valence-corrected chi connectivity index (χ1v) is 5.05. The Balaban J connectivity index is 4.24. The molecule has 1 atom stereocenters. The van der Waals surface area contributed by atoms with Crippen LogP contribution in [0.5, 0.6) is 0 Å². The molecule has 0 fully saturated rings. The van der Waals surface area contributed by atoms with Crippen molar-refractivity contribution in [3.63, 3.8) is 0 Å². The Kier molecular flexibility index (Phi) is 4.68. The molecule has 0 aromatic heterocycles. The zero-order valence-corrected chi connectivity index (χ0v) is 10.5. The number of nitrogens with one attached hydrogen (secondary N) is 1. The zero-order chi connectivity index (χ0) is 10.9. The van der Waals surface area contributed by atoms with Gasteiger partial charge in [-0.25, -0.2) is 0 Å². The lowest BCUT2D eigenvalue weighted by Gasteiger charge is -2.21. The molecule has 2 N–H and O–H groups in total. The highest BCUT2D eigenvalue weighted by molar-refractivity contribution is 9.39. The molecule has 0 aliphatic heterocycles. The average Bonchev–Trinajstić information content (AvgIpc) is 1.82. The summed E-state index contributed by atoms with van der Waals surface area (Å²) in [5, 5.41) is 10.3. The van der Waals surface area contributed by atoms with E-state index in [0.29, 0.717) is 0 Å². The molecule has 9 heteroatoms. The molecule has 0 radical (unpaired) electrons. The van der Waals surface area contributed by atoms with Gasteiger partial charge in [0.25, 0.3) is 0 Å². The van der Waals surface area contributed by atoms with Crippen LogP contribution in [0.2, 0.25) is 0 Å². The summed E-state index contributed by atoms with van der Waals surface area (Å²) in [5.74, 6) is -2.22. The summed E-state index contributed by atoms with van der Waals surface area (Å²) >= 11 is 8.22. The number of aliphatic hydroxyl groups is 1. The van der Waals surface area contributed by atoms with Crippen molar-refractivity contribution in [1.29, 1.82) is 0 Å². The SMILES string of the molecule is O=C(N[C@@H](O)C(Br)(Br)Br)C(F)(F)F. The van der Waals surface area contributed by atoms with Crippen LogP contribution in [-0.2, 0) is 4.79 Å². The fraction of sp³-hybridized carbons (Fsp3) is 0.750. The van der Waals surface area contributed by atoms with Gasteiger partial charge in [-0.05, 0) is 0 Å². The van der Waals surface area contributed by atoms with Crippen molar-refractivity contribution in [1.82, 2.24) is 5.32 Å².